The van der Waals surface area contributed by atoms with E-state index in [0.29, 0.717) is 11.6 Å². The Kier molecular flexibility index (Phi) is 4.39. The number of aromatic nitrogens is 4. The summed E-state index contributed by atoms with van der Waals surface area (Å²) >= 11 is 0. The molecule has 2 heterocycles. The van der Waals surface area contributed by atoms with Crippen molar-refractivity contribution in [1.29, 1.82) is 5.26 Å². The van der Waals surface area contributed by atoms with Crippen LogP contribution in [-0.4, -0.2) is 37.9 Å². The number of nitrogens with zero attached hydrogens (tertiary/aromatic N) is 4. The smallest absolute Gasteiger partial charge is 0.407 e. The molecule has 2 aliphatic carbocycles. The van der Waals surface area contributed by atoms with Crippen LogP contribution in [0.4, 0.5) is 16.4 Å². The third kappa shape index (κ3) is 4.16. The van der Waals surface area contributed by atoms with Crippen LogP contribution in [0.1, 0.15) is 56.3 Å². The van der Waals surface area contributed by atoms with Crippen LogP contribution in [0.2, 0.25) is 0 Å². The van der Waals surface area contributed by atoms with E-state index in [1.807, 2.05) is 19.1 Å². The van der Waals surface area contributed by atoms with Gasteiger partial charge in [-0.3, -0.25) is 5.10 Å². The number of alkyl carbamates (subject to hydrolysis) is 1. The molecule has 27 heavy (non-hydrogen) atoms. The van der Waals surface area contributed by atoms with Gasteiger partial charge in [-0.15, -0.1) is 0 Å². The Labute approximate surface area is 156 Å². The Morgan fingerprint density at radius 2 is 2.19 bits per heavy atom. The van der Waals surface area contributed by atoms with Gasteiger partial charge in [-0.2, -0.15) is 10.4 Å². The van der Waals surface area contributed by atoms with Crippen LogP contribution < -0.4 is 10.6 Å². The van der Waals surface area contributed by atoms with Crippen molar-refractivity contribution < 1.29 is 9.53 Å². The second kappa shape index (κ2) is 6.87. The van der Waals surface area contributed by atoms with Gasteiger partial charge in [-0.05, 0) is 39.0 Å². The summed E-state index contributed by atoms with van der Waals surface area (Å²) in [5.74, 6) is 1.40. The van der Waals surface area contributed by atoms with Crippen molar-refractivity contribution >= 4 is 17.7 Å². The van der Waals surface area contributed by atoms with Crippen LogP contribution in [-0.2, 0) is 4.74 Å². The van der Waals surface area contributed by atoms with Crippen LogP contribution in [0.3, 0.4) is 0 Å². The molecule has 9 heteroatoms. The number of carbonyl (C=O) groups excluding carboxylic acids is 1. The molecule has 2 aliphatic rings. The molecule has 0 bridgehead atoms. The van der Waals surface area contributed by atoms with Crippen molar-refractivity contribution in [2.45, 2.75) is 56.6 Å². The van der Waals surface area contributed by atoms with Crippen LogP contribution in [0, 0.1) is 11.3 Å². The van der Waals surface area contributed by atoms with E-state index >= 15 is 0 Å². The van der Waals surface area contributed by atoms with Crippen LogP contribution in [0.25, 0.3) is 0 Å². The van der Waals surface area contributed by atoms with Gasteiger partial charge in [0.2, 0.25) is 0 Å². The zero-order valence-electron chi connectivity index (χ0n) is 15.0. The average molecular weight is 367 g/mol. The first-order valence-corrected chi connectivity index (χ1v) is 9.06. The number of anilines is 2. The molecule has 2 saturated carbocycles. The summed E-state index contributed by atoms with van der Waals surface area (Å²) in [6, 6.07) is 5.46. The lowest BCUT2D eigenvalue weighted by atomic mass is 10.0. The van der Waals surface area contributed by atoms with E-state index in [2.05, 4.69) is 30.8 Å². The molecule has 0 spiro atoms. The summed E-state index contributed by atoms with van der Waals surface area (Å²) < 4.78 is 5.56. The molecule has 2 aromatic rings. The highest BCUT2D eigenvalue weighted by molar-refractivity contribution is 5.69. The Balaban J connectivity index is 1.32. The number of carbonyl (C=O) groups is 1. The number of aromatic amines is 1. The minimum Gasteiger partial charge on any atom is -0.446 e. The molecule has 1 amide bonds. The standard InChI is InChI=1S/C18H21N7O2/c1-18(4-5-18)23-17(26)27-13-3-2-11(6-13)14-8-16(25-24-14)22-15-7-12(9-19)20-10-21-15/h7-8,10-11,13H,2-6H2,1H3,(H,23,26)(H2,20,21,22,24,25)/t11-,13+/m0/s1. The quantitative estimate of drug-likeness (QED) is 0.741. The topological polar surface area (TPSA) is 129 Å². The average Bonchev–Trinajstić information content (AvgIpc) is 3.02. The van der Waals surface area contributed by atoms with Crippen molar-refractivity contribution in [3.8, 4) is 6.07 Å². The maximum Gasteiger partial charge on any atom is 0.407 e. The van der Waals surface area contributed by atoms with Crippen molar-refractivity contribution in [2.24, 2.45) is 0 Å². The lowest BCUT2D eigenvalue weighted by Crippen LogP contribution is -2.36. The van der Waals surface area contributed by atoms with Gasteiger partial charge in [-0.25, -0.2) is 14.8 Å². The molecular formula is C18H21N7O2. The number of nitriles is 1. The molecule has 2 atom stereocenters. The summed E-state index contributed by atoms with van der Waals surface area (Å²) in [7, 11) is 0. The molecule has 0 saturated heterocycles. The van der Waals surface area contributed by atoms with Crippen molar-refractivity contribution in [1.82, 2.24) is 25.5 Å². The highest BCUT2D eigenvalue weighted by atomic mass is 16.6. The van der Waals surface area contributed by atoms with Gasteiger partial charge >= 0.3 is 6.09 Å². The molecule has 0 aliphatic heterocycles. The maximum absolute atomic E-state index is 12.0. The van der Waals surface area contributed by atoms with Gasteiger partial charge in [0.25, 0.3) is 0 Å². The summed E-state index contributed by atoms with van der Waals surface area (Å²) in [5, 5.41) is 22.2. The minimum atomic E-state index is -0.315. The van der Waals surface area contributed by atoms with Gasteiger partial charge in [0.1, 0.15) is 30.0 Å². The summed E-state index contributed by atoms with van der Waals surface area (Å²) in [5.41, 5.74) is 1.22. The molecule has 9 nitrogen and oxygen atoms in total. The maximum atomic E-state index is 12.0. The van der Waals surface area contributed by atoms with E-state index in [9.17, 15) is 4.79 Å². The van der Waals surface area contributed by atoms with Gasteiger partial charge in [-0.1, -0.05) is 0 Å². The van der Waals surface area contributed by atoms with E-state index in [1.54, 1.807) is 6.07 Å². The Morgan fingerprint density at radius 3 is 2.96 bits per heavy atom. The summed E-state index contributed by atoms with van der Waals surface area (Å²) in [6.07, 6.45) is 5.53. The molecule has 0 unspecified atom stereocenters. The van der Waals surface area contributed by atoms with Crippen molar-refractivity contribution in [3.63, 3.8) is 0 Å². The van der Waals surface area contributed by atoms with Gasteiger partial charge in [0.15, 0.2) is 5.82 Å². The molecular weight excluding hydrogens is 346 g/mol. The van der Waals surface area contributed by atoms with Crippen molar-refractivity contribution in [3.05, 3.63) is 29.8 Å². The van der Waals surface area contributed by atoms with Crippen LogP contribution in [0.15, 0.2) is 18.5 Å². The number of hydrogen-bond donors (Lipinski definition) is 3. The highest BCUT2D eigenvalue weighted by Gasteiger charge is 2.40. The predicted molar refractivity (Wildman–Crippen MR) is 96.3 cm³/mol. The first-order chi connectivity index (χ1) is 13.0. The predicted octanol–water partition coefficient (Wildman–Crippen LogP) is 2.73. The van der Waals surface area contributed by atoms with E-state index in [0.717, 1.165) is 37.8 Å². The fourth-order valence-corrected chi connectivity index (χ4v) is 3.30. The van der Waals surface area contributed by atoms with Gasteiger partial charge < -0.3 is 15.4 Å². The fourth-order valence-electron chi connectivity index (χ4n) is 3.30. The summed E-state index contributed by atoms with van der Waals surface area (Å²) in [6.45, 7) is 2.03. The van der Waals surface area contributed by atoms with Gasteiger partial charge in [0, 0.05) is 29.3 Å². The largest absolute Gasteiger partial charge is 0.446 e. The lowest BCUT2D eigenvalue weighted by molar-refractivity contribution is 0.0967. The lowest BCUT2D eigenvalue weighted by Gasteiger charge is -2.16. The SMILES string of the molecule is CC1(NC(=O)O[C@@H]2CC[C@H](c3cc(Nc4cc(C#N)ncn4)n[nH]3)C2)CC1. The van der Waals surface area contributed by atoms with E-state index in [4.69, 9.17) is 10.00 Å². The molecule has 0 radical (unpaired) electrons. The second-order valence-electron chi connectivity index (χ2n) is 7.46. The number of rotatable bonds is 5. The molecule has 140 valence electrons. The monoisotopic (exact) mass is 367 g/mol. The third-order valence-electron chi connectivity index (χ3n) is 5.14. The Bertz CT molecular complexity index is 884. The number of hydrogen-bond acceptors (Lipinski definition) is 7. The minimum absolute atomic E-state index is 0.0640. The van der Waals surface area contributed by atoms with Crippen LogP contribution >= 0.6 is 0 Å². The van der Waals surface area contributed by atoms with Crippen molar-refractivity contribution in [2.75, 3.05) is 5.32 Å². The Hall–Kier alpha value is -3.15. The second-order valence-corrected chi connectivity index (χ2v) is 7.46. The first-order valence-electron chi connectivity index (χ1n) is 9.06. The van der Waals surface area contributed by atoms with Crippen LogP contribution in [0.5, 0.6) is 0 Å². The van der Waals surface area contributed by atoms with E-state index in [-0.39, 0.29) is 29.3 Å². The number of amides is 1. The molecule has 2 aromatic heterocycles. The highest BCUT2D eigenvalue weighted by Crippen LogP contribution is 2.37. The first kappa shape index (κ1) is 17.3. The Morgan fingerprint density at radius 1 is 1.33 bits per heavy atom. The normalized spacial score (nSPS) is 22.7. The summed E-state index contributed by atoms with van der Waals surface area (Å²) in [4.78, 5) is 19.9. The zero-order valence-corrected chi connectivity index (χ0v) is 15.0. The number of nitrogens with one attached hydrogen (secondary N) is 3. The third-order valence-corrected chi connectivity index (χ3v) is 5.14. The molecule has 0 aromatic carbocycles. The van der Waals surface area contributed by atoms with E-state index < -0.39 is 0 Å². The molecule has 2 fully saturated rings. The molecule has 3 N–H and O–H groups in total. The van der Waals surface area contributed by atoms with E-state index in [1.165, 1.54) is 6.33 Å². The van der Waals surface area contributed by atoms with Gasteiger partial charge in [0.05, 0.1) is 0 Å². The fraction of sp³-hybridized carbons (Fsp3) is 0.500. The zero-order chi connectivity index (χ0) is 18.9. The molecule has 4 rings (SSSR count). The number of ether oxygens (including phenoxy) is 1. The number of H-pyrrole nitrogens is 1.